The predicted octanol–water partition coefficient (Wildman–Crippen LogP) is 3.47. The molecule has 1 fully saturated rings. The van der Waals surface area contributed by atoms with Gasteiger partial charge in [0.1, 0.15) is 4.90 Å². The molecule has 14 heteroatoms. The van der Waals surface area contributed by atoms with Crippen LogP contribution in [0, 0.1) is 6.92 Å². The van der Waals surface area contributed by atoms with Gasteiger partial charge in [0.2, 0.25) is 16.0 Å². The Morgan fingerprint density at radius 3 is 2.42 bits per heavy atom. The number of piperidine rings is 1. The number of carbonyl (C=O) groups is 1. The Labute approximate surface area is 212 Å². The molecule has 2 aromatic heterocycles. The number of hydrogen-bond acceptors (Lipinski definition) is 8. The smallest absolute Gasteiger partial charge is 0.475 e. The highest BCUT2D eigenvalue weighted by Crippen LogP contribution is 2.43. The Bertz CT molecular complexity index is 1190. The van der Waals surface area contributed by atoms with Crippen molar-refractivity contribution in [2.45, 2.75) is 62.7 Å². The summed E-state index contributed by atoms with van der Waals surface area (Å²) in [4.78, 5) is 22.1. The number of thiophene rings is 1. The van der Waals surface area contributed by atoms with E-state index in [1.807, 2.05) is 25.2 Å². The van der Waals surface area contributed by atoms with Gasteiger partial charge in [-0.2, -0.15) is 17.5 Å². The number of aryl methyl sites for hydroxylation is 1. The molecule has 0 radical (unpaired) electrons. The number of alkyl halides is 3. The number of hydrogen-bond donors (Lipinski definition) is 2. The number of nitrogens with zero attached hydrogens (tertiary/aromatic N) is 4. The molecule has 0 saturated carbocycles. The summed E-state index contributed by atoms with van der Waals surface area (Å²) < 4.78 is 59.0. The molecule has 1 spiro atoms. The monoisotopic (exact) mass is 549 g/mol. The Morgan fingerprint density at radius 2 is 1.92 bits per heavy atom. The molecule has 2 N–H and O–H groups in total. The van der Waals surface area contributed by atoms with Gasteiger partial charge >= 0.3 is 12.1 Å². The van der Waals surface area contributed by atoms with Crippen LogP contribution in [0.4, 0.5) is 19.1 Å². The second kappa shape index (κ2) is 10.6. The number of likely N-dealkylation sites (tertiary alicyclic amines) is 1. The standard InChI is InChI=1S/C20H29N5O2S2.C2HF3O2/c1-14(2)22-19-21-11-17-18(23-19)20(13-24(4)29(17,26)27)6-8-25(9-7-20)12-16-15(3)5-10-28-16;3-2(4,5)1(6)7/h5,10-11,14H,6-9,12-13H2,1-4H3,(H,21,22,23);(H,6,7). The van der Waals surface area contributed by atoms with Gasteiger partial charge in [0.25, 0.3) is 0 Å². The maximum atomic E-state index is 12.9. The summed E-state index contributed by atoms with van der Waals surface area (Å²) in [6, 6.07) is 2.35. The van der Waals surface area contributed by atoms with Gasteiger partial charge in [-0.15, -0.1) is 11.3 Å². The summed E-state index contributed by atoms with van der Waals surface area (Å²) in [6.45, 7) is 9.51. The zero-order valence-corrected chi connectivity index (χ0v) is 22.1. The molecule has 200 valence electrons. The quantitative estimate of drug-likeness (QED) is 0.596. The van der Waals surface area contributed by atoms with Crippen LogP contribution in [0.2, 0.25) is 0 Å². The van der Waals surface area contributed by atoms with Gasteiger partial charge in [-0.3, -0.25) is 4.90 Å². The lowest BCUT2D eigenvalue weighted by Gasteiger charge is -2.46. The SMILES string of the molecule is Cc1ccsc1CN1CCC2(CC1)CN(C)S(=O)(=O)c1cnc(NC(C)C)nc12.O=C(O)C(F)(F)F. The van der Waals surface area contributed by atoms with E-state index in [2.05, 4.69) is 33.6 Å². The molecule has 0 atom stereocenters. The zero-order chi connectivity index (χ0) is 26.9. The Balaban J connectivity index is 0.000000454. The molecule has 2 aliphatic heterocycles. The fraction of sp³-hybridized carbons (Fsp3) is 0.591. The minimum atomic E-state index is -5.08. The highest BCUT2D eigenvalue weighted by molar-refractivity contribution is 7.89. The summed E-state index contributed by atoms with van der Waals surface area (Å²) in [5.74, 6) is -2.25. The molecular formula is C22H30F3N5O4S2. The largest absolute Gasteiger partial charge is 0.490 e. The van der Waals surface area contributed by atoms with Crippen molar-refractivity contribution in [2.75, 3.05) is 32.0 Å². The van der Waals surface area contributed by atoms with E-state index in [1.54, 1.807) is 7.05 Å². The summed E-state index contributed by atoms with van der Waals surface area (Å²) >= 11 is 1.81. The average Bonchev–Trinajstić information content (AvgIpc) is 3.18. The lowest BCUT2D eigenvalue weighted by Crippen LogP contribution is -2.53. The molecule has 36 heavy (non-hydrogen) atoms. The van der Waals surface area contributed by atoms with Crippen molar-refractivity contribution in [3.63, 3.8) is 0 Å². The minimum Gasteiger partial charge on any atom is -0.475 e. The fourth-order valence-corrected chi connectivity index (χ4v) is 6.72. The number of carboxylic acid groups (broad SMARTS) is 1. The third-order valence-electron chi connectivity index (χ3n) is 6.28. The van der Waals surface area contributed by atoms with Gasteiger partial charge in [0.05, 0.1) is 11.9 Å². The number of anilines is 1. The fourth-order valence-electron chi connectivity index (χ4n) is 4.32. The number of sulfonamides is 1. The Kier molecular flexibility index (Phi) is 8.33. The van der Waals surface area contributed by atoms with Crippen molar-refractivity contribution in [2.24, 2.45) is 0 Å². The van der Waals surface area contributed by atoms with E-state index < -0.39 is 22.2 Å². The van der Waals surface area contributed by atoms with E-state index in [0.29, 0.717) is 18.2 Å². The van der Waals surface area contributed by atoms with Crippen molar-refractivity contribution >= 4 is 33.3 Å². The Hall–Kier alpha value is -2.29. The number of halogens is 3. The summed E-state index contributed by atoms with van der Waals surface area (Å²) in [7, 11) is -1.86. The van der Waals surface area contributed by atoms with Crippen molar-refractivity contribution in [1.82, 2.24) is 19.2 Å². The number of rotatable bonds is 4. The summed E-state index contributed by atoms with van der Waals surface area (Å²) in [6.07, 6.45) is -1.81. The predicted molar refractivity (Wildman–Crippen MR) is 130 cm³/mol. The van der Waals surface area contributed by atoms with Crippen LogP contribution in [-0.2, 0) is 26.8 Å². The van der Waals surface area contributed by atoms with Crippen LogP contribution < -0.4 is 5.32 Å². The van der Waals surface area contributed by atoms with Crippen LogP contribution in [-0.4, -0.2) is 77.6 Å². The lowest BCUT2D eigenvalue weighted by atomic mass is 9.75. The third-order valence-corrected chi connectivity index (χ3v) is 9.09. The molecule has 0 aromatic carbocycles. The molecule has 0 unspecified atom stereocenters. The van der Waals surface area contributed by atoms with E-state index in [9.17, 15) is 21.6 Å². The van der Waals surface area contributed by atoms with E-state index in [1.165, 1.54) is 20.9 Å². The van der Waals surface area contributed by atoms with Crippen LogP contribution in [0.3, 0.4) is 0 Å². The Morgan fingerprint density at radius 1 is 1.31 bits per heavy atom. The first-order chi connectivity index (χ1) is 16.7. The van der Waals surface area contributed by atoms with Crippen LogP contribution >= 0.6 is 11.3 Å². The van der Waals surface area contributed by atoms with Crippen molar-refractivity contribution < 1.29 is 31.5 Å². The van der Waals surface area contributed by atoms with E-state index in [4.69, 9.17) is 14.9 Å². The van der Waals surface area contributed by atoms with Gasteiger partial charge in [0.15, 0.2) is 0 Å². The normalized spacial score (nSPS) is 19.4. The van der Waals surface area contributed by atoms with Crippen molar-refractivity contribution in [1.29, 1.82) is 0 Å². The van der Waals surface area contributed by atoms with Gasteiger partial charge in [-0.1, -0.05) is 0 Å². The summed E-state index contributed by atoms with van der Waals surface area (Å²) in [5.41, 5.74) is 1.79. The molecule has 4 rings (SSSR count). The van der Waals surface area contributed by atoms with Gasteiger partial charge in [-0.05, 0) is 63.7 Å². The molecule has 0 amide bonds. The first-order valence-corrected chi connectivity index (χ1v) is 13.6. The van der Waals surface area contributed by atoms with Gasteiger partial charge in [0, 0.05) is 36.5 Å². The molecule has 0 bridgehead atoms. The van der Waals surface area contributed by atoms with Crippen molar-refractivity contribution in [3.8, 4) is 0 Å². The third kappa shape index (κ3) is 6.15. The van der Waals surface area contributed by atoms with E-state index >= 15 is 0 Å². The first-order valence-electron chi connectivity index (χ1n) is 11.3. The van der Waals surface area contributed by atoms with Crippen LogP contribution in [0.5, 0.6) is 0 Å². The number of carboxylic acids is 1. The average molecular weight is 550 g/mol. The van der Waals surface area contributed by atoms with Gasteiger partial charge in [-0.25, -0.2) is 23.2 Å². The molecule has 1 saturated heterocycles. The molecular weight excluding hydrogens is 519 g/mol. The molecule has 4 heterocycles. The summed E-state index contributed by atoms with van der Waals surface area (Å²) in [5, 5.41) is 12.5. The lowest BCUT2D eigenvalue weighted by molar-refractivity contribution is -0.192. The number of likely N-dealkylation sites (N-methyl/N-ethyl adjacent to an activating group) is 1. The van der Waals surface area contributed by atoms with Crippen molar-refractivity contribution in [3.05, 3.63) is 33.8 Å². The number of aliphatic carboxylic acids is 1. The minimum absolute atomic E-state index is 0.183. The number of fused-ring (bicyclic) bond motifs is 2. The van der Waals surface area contributed by atoms with E-state index in [-0.39, 0.29) is 16.4 Å². The number of aromatic nitrogens is 2. The second-order valence-corrected chi connectivity index (χ2v) is 12.4. The van der Waals surface area contributed by atoms with Crippen LogP contribution in [0.1, 0.15) is 42.8 Å². The van der Waals surface area contributed by atoms with Crippen LogP contribution in [0.25, 0.3) is 0 Å². The topological polar surface area (TPSA) is 116 Å². The zero-order valence-electron chi connectivity index (χ0n) is 20.5. The number of nitrogens with one attached hydrogen (secondary N) is 1. The van der Waals surface area contributed by atoms with Crippen LogP contribution in [0.15, 0.2) is 22.5 Å². The molecule has 0 aliphatic carbocycles. The molecule has 2 aliphatic rings. The van der Waals surface area contributed by atoms with E-state index in [0.717, 1.165) is 32.5 Å². The highest BCUT2D eigenvalue weighted by atomic mass is 32.2. The maximum absolute atomic E-state index is 12.9. The first kappa shape index (κ1) is 28.3. The molecule has 9 nitrogen and oxygen atoms in total. The van der Waals surface area contributed by atoms with Gasteiger partial charge < -0.3 is 10.4 Å². The maximum Gasteiger partial charge on any atom is 0.490 e. The second-order valence-electron chi connectivity index (χ2n) is 9.35. The highest BCUT2D eigenvalue weighted by Gasteiger charge is 2.48. The molecule has 2 aromatic rings.